The van der Waals surface area contributed by atoms with E-state index >= 15 is 0 Å². The topological polar surface area (TPSA) is 63.2 Å². The summed E-state index contributed by atoms with van der Waals surface area (Å²) in [7, 11) is 7.96. The molecule has 5 rings (SSSR count). The number of carbonyl (C=O) groups is 1. The molecule has 0 amide bonds. The van der Waals surface area contributed by atoms with Crippen molar-refractivity contribution < 1.29 is 28.5 Å². The molecule has 6 nitrogen and oxygen atoms in total. The lowest BCUT2D eigenvalue weighted by Crippen LogP contribution is -2.00. The maximum Gasteiger partial charge on any atom is 0.331 e. The van der Waals surface area contributed by atoms with Crippen LogP contribution in [0.4, 0.5) is 0 Å². The Kier molecular flexibility index (Phi) is 8.44. The molecule has 0 saturated heterocycles. The minimum Gasteiger partial charge on any atom is -0.497 e. The van der Waals surface area contributed by atoms with Crippen molar-refractivity contribution in [1.29, 1.82) is 0 Å². The molecular formula is C36H32O6. The van der Waals surface area contributed by atoms with Crippen LogP contribution in [0, 0.1) is 0 Å². The second kappa shape index (κ2) is 12.5. The van der Waals surface area contributed by atoms with Gasteiger partial charge in [0.25, 0.3) is 0 Å². The van der Waals surface area contributed by atoms with Crippen molar-refractivity contribution >= 4 is 28.3 Å². The van der Waals surface area contributed by atoms with E-state index in [4.69, 9.17) is 23.7 Å². The van der Waals surface area contributed by atoms with Crippen LogP contribution < -0.4 is 18.9 Å². The van der Waals surface area contributed by atoms with Gasteiger partial charge < -0.3 is 23.7 Å². The molecule has 212 valence electrons. The molecule has 42 heavy (non-hydrogen) atoms. The maximum atomic E-state index is 13.0. The summed E-state index contributed by atoms with van der Waals surface area (Å²) < 4.78 is 27.0. The first-order valence-corrected chi connectivity index (χ1v) is 13.4. The third-order valence-electron chi connectivity index (χ3n) is 7.27. The molecule has 0 unspecified atom stereocenters. The van der Waals surface area contributed by atoms with E-state index in [9.17, 15) is 4.79 Å². The summed E-state index contributed by atoms with van der Waals surface area (Å²) >= 11 is 0. The van der Waals surface area contributed by atoms with Crippen LogP contribution in [0.15, 0.2) is 109 Å². The van der Waals surface area contributed by atoms with Crippen LogP contribution in [-0.4, -0.2) is 41.5 Å². The van der Waals surface area contributed by atoms with Gasteiger partial charge in [-0.05, 0) is 98.7 Å². The van der Waals surface area contributed by atoms with Crippen molar-refractivity contribution in [2.24, 2.45) is 0 Å². The van der Waals surface area contributed by atoms with Crippen LogP contribution in [0.1, 0.15) is 22.3 Å². The summed E-state index contributed by atoms with van der Waals surface area (Å²) in [5.74, 6) is 2.52. The van der Waals surface area contributed by atoms with Gasteiger partial charge in [0.15, 0.2) is 0 Å². The van der Waals surface area contributed by atoms with Crippen molar-refractivity contribution in [2.45, 2.75) is 0 Å². The highest BCUT2D eigenvalue weighted by Crippen LogP contribution is 2.55. The van der Waals surface area contributed by atoms with Crippen molar-refractivity contribution in [2.75, 3.05) is 35.5 Å². The predicted molar refractivity (Wildman–Crippen MR) is 166 cm³/mol. The van der Waals surface area contributed by atoms with Crippen LogP contribution in [0.2, 0.25) is 0 Å². The largest absolute Gasteiger partial charge is 0.497 e. The number of carbonyl (C=O) groups excluding carboxylic acids is 1. The molecule has 0 atom stereocenters. The van der Waals surface area contributed by atoms with Crippen molar-refractivity contribution in [3.8, 4) is 23.0 Å². The molecular weight excluding hydrogens is 528 g/mol. The van der Waals surface area contributed by atoms with E-state index in [1.807, 2.05) is 97.1 Å². The highest BCUT2D eigenvalue weighted by atomic mass is 16.5. The lowest BCUT2D eigenvalue weighted by Gasteiger charge is -2.15. The predicted octanol–water partition coefficient (Wildman–Crippen LogP) is 7.36. The van der Waals surface area contributed by atoms with Crippen molar-refractivity contribution in [1.82, 2.24) is 0 Å². The highest BCUT2D eigenvalue weighted by Gasteiger charge is 2.33. The van der Waals surface area contributed by atoms with Crippen molar-refractivity contribution in [3.63, 3.8) is 0 Å². The van der Waals surface area contributed by atoms with Crippen LogP contribution in [0.5, 0.6) is 23.0 Å². The number of ether oxygens (including phenoxy) is 5. The normalized spacial score (nSPS) is 12.7. The van der Waals surface area contributed by atoms with Gasteiger partial charge in [-0.3, -0.25) is 0 Å². The summed E-state index contributed by atoms with van der Waals surface area (Å²) in [6.07, 6.45) is 1.57. The Morgan fingerprint density at radius 1 is 0.429 bits per heavy atom. The number of hydrogen-bond donors (Lipinski definition) is 0. The maximum absolute atomic E-state index is 13.0. The molecule has 4 aromatic rings. The summed E-state index contributed by atoms with van der Waals surface area (Å²) in [5.41, 5.74) is 8.24. The SMILES string of the molecule is COC(=O)C=C1C(c2ccc(OC)cc2)=C(c2ccc(OC)cc2)C(c2ccc(OC)cc2)=C1c1ccc(OC)cc1. The monoisotopic (exact) mass is 560 g/mol. The smallest absolute Gasteiger partial charge is 0.331 e. The van der Waals surface area contributed by atoms with E-state index in [0.717, 1.165) is 73.1 Å². The molecule has 0 aromatic heterocycles. The first-order chi connectivity index (χ1) is 20.5. The fourth-order valence-electron chi connectivity index (χ4n) is 5.17. The third-order valence-corrected chi connectivity index (χ3v) is 7.27. The highest BCUT2D eigenvalue weighted by molar-refractivity contribution is 6.35. The van der Waals surface area contributed by atoms with E-state index in [0.29, 0.717) is 0 Å². The molecule has 0 bridgehead atoms. The van der Waals surface area contributed by atoms with E-state index in [1.54, 1.807) is 34.5 Å². The summed E-state index contributed by atoms with van der Waals surface area (Å²) in [4.78, 5) is 13.0. The van der Waals surface area contributed by atoms with Gasteiger partial charge in [0.2, 0.25) is 0 Å². The standard InChI is InChI=1S/C36H32O6/c1-38-27-14-6-23(7-15-27)33-31(22-32(37)42-5)34(24-8-16-28(39-2)17-9-24)36(26-12-20-30(41-4)21-13-26)35(33)25-10-18-29(40-3)19-11-25/h6-22H,1-5H3. The lowest BCUT2D eigenvalue weighted by atomic mass is 9.89. The zero-order valence-corrected chi connectivity index (χ0v) is 24.3. The molecule has 0 aliphatic heterocycles. The Hall–Kier alpha value is -5.23. The molecule has 0 N–H and O–H groups in total. The van der Waals surface area contributed by atoms with Gasteiger partial charge in [0, 0.05) is 6.08 Å². The Labute approximate surface area is 246 Å². The number of esters is 1. The van der Waals surface area contributed by atoms with Crippen LogP contribution in [0.3, 0.4) is 0 Å². The van der Waals surface area contributed by atoms with Crippen LogP contribution in [0.25, 0.3) is 22.3 Å². The quantitative estimate of drug-likeness (QED) is 0.158. The lowest BCUT2D eigenvalue weighted by molar-refractivity contribution is -0.134. The van der Waals surface area contributed by atoms with Gasteiger partial charge in [-0.15, -0.1) is 0 Å². The van der Waals surface area contributed by atoms with E-state index in [-0.39, 0.29) is 0 Å². The fourth-order valence-corrected chi connectivity index (χ4v) is 5.17. The third kappa shape index (κ3) is 5.52. The van der Waals surface area contributed by atoms with Gasteiger partial charge in [-0.2, -0.15) is 0 Å². The fraction of sp³-hybridized carbons (Fsp3) is 0.139. The minimum atomic E-state index is -0.452. The Morgan fingerprint density at radius 3 is 0.929 bits per heavy atom. The zero-order chi connectivity index (χ0) is 29.6. The van der Waals surface area contributed by atoms with E-state index in [1.165, 1.54) is 7.11 Å². The molecule has 4 aromatic carbocycles. The number of benzene rings is 4. The number of rotatable bonds is 9. The number of methoxy groups -OCH3 is 5. The zero-order valence-electron chi connectivity index (χ0n) is 24.3. The average Bonchev–Trinajstić information content (AvgIpc) is 3.39. The molecule has 0 spiro atoms. The second-order valence-corrected chi connectivity index (χ2v) is 9.50. The number of hydrogen-bond acceptors (Lipinski definition) is 6. The first kappa shape index (κ1) is 28.3. The van der Waals surface area contributed by atoms with Gasteiger partial charge in [-0.1, -0.05) is 48.5 Å². The van der Waals surface area contributed by atoms with E-state index < -0.39 is 5.97 Å². The summed E-state index contributed by atoms with van der Waals surface area (Å²) in [6, 6.07) is 31.6. The first-order valence-electron chi connectivity index (χ1n) is 13.4. The second-order valence-electron chi connectivity index (χ2n) is 9.50. The van der Waals surface area contributed by atoms with Gasteiger partial charge in [0.1, 0.15) is 23.0 Å². The molecule has 0 saturated carbocycles. The summed E-state index contributed by atoms with van der Waals surface area (Å²) in [6.45, 7) is 0. The average molecular weight is 561 g/mol. The molecule has 6 heteroatoms. The number of allylic oxidation sites excluding steroid dienone is 5. The van der Waals surface area contributed by atoms with Crippen LogP contribution >= 0.6 is 0 Å². The van der Waals surface area contributed by atoms with Gasteiger partial charge >= 0.3 is 5.97 Å². The molecule has 1 aliphatic carbocycles. The van der Waals surface area contributed by atoms with Gasteiger partial charge in [-0.25, -0.2) is 4.79 Å². The van der Waals surface area contributed by atoms with Gasteiger partial charge in [0.05, 0.1) is 35.5 Å². The Balaban J connectivity index is 1.91. The molecule has 0 fully saturated rings. The van der Waals surface area contributed by atoms with Crippen LogP contribution in [-0.2, 0) is 9.53 Å². The minimum absolute atomic E-state index is 0.452. The van der Waals surface area contributed by atoms with E-state index in [2.05, 4.69) is 0 Å². The summed E-state index contributed by atoms with van der Waals surface area (Å²) in [5, 5.41) is 0. The van der Waals surface area contributed by atoms with Crippen molar-refractivity contribution in [3.05, 3.63) is 131 Å². The molecule has 0 radical (unpaired) electrons. The molecule has 0 heterocycles. The molecule has 1 aliphatic rings. The Bertz CT molecular complexity index is 1540. The Morgan fingerprint density at radius 2 is 0.690 bits per heavy atom.